The van der Waals surface area contributed by atoms with E-state index in [1.165, 1.54) is 10.4 Å². The van der Waals surface area contributed by atoms with E-state index in [-0.39, 0.29) is 0 Å². The lowest BCUT2D eigenvalue weighted by molar-refractivity contribution is -0.143. The number of aliphatic carboxylic acids is 1. The summed E-state index contributed by atoms with van der Waals surface area (Å²) in [4.78, 5) is 16.3. The van der Waals surface area contributed by atoms with E-state index in [9.17, 15) is 9.90 Å². The molecule has 0 aliphatic carbocycles. The molecule has 4 rings (SSSR count). The van der Waals surface area contributed by atoms with Crippen LogP contribution in [0.3, 0.4) is 0 Å². The summed E-state index contributed by atoms with van der Waals surface area (Å²) in [5, 5.41) is 13.0. The Bertz CT molecular complexity index is 803. The monoisotopic (exact) mass is 329 g/mol. The number of carboxylic acids is 1. The molecule has 0 fully saturated rings. The first-order chi connectivity index (χ1) is 10.7. The van der Waals surface area contributed by atoms with Crippen LogP contribution < -0.4 is 0 Å². The van der Waals surface area contributed by atoms with Crippen molar-refractivity contribution in [3.8, 4) is 0 Å². The van der Waals surface area contributed by atoms with Crippen LogP contribution >= 0.6 is 22.7 Å². The van der Waals surface area contributed by atoms with Crippen molar-refractivity contribution in [2.75, 3.05) is 6.54 Å². The van der Waals surface area contributed by atoms with E-state index in [0.717, 1.165) is 34.5 Å². The van der Waals surface area contributed by atoms with E-state index < -0.39 is 12.0 Å². The highest BCUT2D eigenvalue weighted by Gasteiger charge is 2.31. The Kier molecular flexibility index (Phi) is 3.48. The van der Waals surface area contributed by atoms with Crippen molar-refractivity contribution in [1.29, 1.82) is 0 Å². The Hall–Kier alpha value is -1.69. The minimum absolute atomic E-state index is 0.551. The fourth-order valence-corrected chi connectivity index (χ4v) is 5.17. The Labute approximate surface area is 136 Å². The van der Waals surface area contributed by atoms with Gasteiger partial charge in [0.1, 0.15) is 6.04 Å². The van der Waals surface area contributed by atoms with Crippen molar-refractivity contribution >= 4 is 38.7 Å². The van der Waals surface area contributed by atoms with Crippen LogP contribution in [0.5, 0.6) is 0 Å². The zero-order chi connectivity index (χ0) is 15.1. The van der Waals surface area contributed by atoms with E-state index >= 15 is 0 Å². The van der Waals surface area contributed by atoms with Gasteiger partial charge in [-0.25, -0.2) is 0 Å². The molecule has 3 nitrogen and oxygen atoms in total. The first-order valence-electron chi connectivity index (χ1n) is 7.23. The number of carboxylic acid groups (broad SMARTS) is 1. The Morgan fingerprint density at radius 1 is 1.27 bits per heavy atom. The minimum atomic E-state index is -0.759. The molecule has 0 spiro atoms. The van der Waals surface area contributed by atoms with E-state index in [0.29, 0.717) is 0 Å². The highest BCUT2D eigenvalue weighted by molar-refractivity contribution is 7.19. The molecule has 0 saturated heterocycles. The maximum atomic E-state index is 11.9. The first kappa shape index (κ1) is 13.9. The summed E-state index contributed by atoms with van der Waals surface area (Å²) in [6.07, 6.45) is 0.946. The zero-order valence-electron chi connectivity index (χ0n) is 11.9. The van der Waals surface area contributed by atoms with Crippen molar-refractivity contribution in [2.45, 2.75) is 19.0 Å². The number of benzene rings is 1. The molecule has 1 unspecified atom stereocenters. The predicted octanol–water partition coefficient (Wildman–Crippen LogP) is 4.15. The maximum Gasteiger partial charge on any atom is 0.326 e. The summed E-state index contributed by atoms with van der Waals surface area (Å²) < 4.78 is 1.15. The molecule has 1 aliphatic rings. The quantitative estimate of drug-likeness (QED) is 0.785. The van der Waals surface area contributed by atoms with Gasteiger partial charge < -0.3 is 5.11 Å². The largest absolute Gasteiger partial charge is 0.480 e. The van der Waals surface area contributed by atoms with Gasteiger partial charge in [0, 0.05) is 27.5 Å². The lowest BCUT2D eigenvalue weighted by Crippen LogP contribution is -2.37. The van der Waals surface area contributed by atoms with Gasteiger partial charge in [0.25, 0.3) is 0 Å². The molecule has 112 valence electrons. The van der Waals surface area contributed by atoms with Crippen molar-refractivity contribution in [3.63, 3.8) is 0 Å². The number of thiophene rings is 2. The van der Waals surface area contributed by atoms with Crippen molar-refractivity contribution in [2.24, 2.45) is 0 Å². The first-order valence-corrected chi connectivity index (χ1v) is 8.92. The molecule has 5 heteroatoms. The number of nitrogens with zero attached hydrogens (tertiary/aromatic N) is 1. The molecule has 1 N–H and O–H groups in total. The number of hydrogen-bond donors (Lipinski definition) is 1. The smallest absolute Gasteiger partial charge is 0.326 e. The van der Waals surface area contributed by atoms with Gasteiger partial charge in [0.05, 0.1) is 0 Å². The fraction of sp³-hybridized carbons (Fsp3) is 0.235. The van der Waals surface area contributed by atoms with Crippen LogP contribution in [0, 0.1) is 0 Å². The highest BCUT2D eigenvalue weighted by atomic mass is 32.1. The van der Waals surface area contributed by atoms with Crippen molar-refractivity contribution in [1.82, 2.24) is 4.90 Å². The fourth-order valence-electron chi connectivity index (χ4n) is 3.09. The number of fused-ring (bicyclic) bond motifs is 2. The Morgan fingerprint density at radius 3 is 2.95 bits per heavy atom. The van der Waals surface area contributed by atoms with E-state index in [1.54, 1.807) is 22.7 Å². The van der Waals surface area contributed by atoms with Crippen LogP contribution in [0.25, 0.3) is 10.1 Å². The number of rotatable bonds is 3. The van der Waals surface area contributed by atoms with Crippen molar-refractivity contribution < 1.29 is 9.90 Å². The average molecular weight is 329 g/mol. The van der Waals surface area contributed by atoms with E-state index in [2.05, 4.69) is 22.4 Å². The van der Waals surface area contributed by atoms with Gasteiger partial charge in [0.2, 0.25) is 0 Å². The van der Waals surface area contributed by atoms with Crippen LogP contribution in [-0.4, -0.2) is 22.5 Å². The van der Waals surface area contributed by atoms with Crippen LogP contribution in [0.15, 0.2) is 41.8 Å². The van der Waals surface area contributed by atoms with Gasteiger partial charge in [-0.05, 0) is 40.9 Å². The Morgan fingerprint density at radius 2 is 2.14 bits per heavy atom. The topological polar surface area (TPSA) is 40.5 Å². The molecule has 2 aromatic heterocycles. The van der Waals surface area contributed by atoms with Crippen LogP contribution in [-0.2, 0) is 17.8 Å². The SMILES string of the molecule is O=C(O)C(c1cc2ccccc2s1)N1CCc2sccc2C1. The second kappa shape index (κ2) is 5.50. The van der Waals surface area contributed by atoms with Gasteiger partial charge >= 0.3 is 5.97 Å². The van der Waals surface area contributed by atoms with E-state index in [4.69, 9.17) is 0 Å². The van der Waals surface area contributed by atoms with Crippen LogP contribution in [0.4, 0.5) is 0 Å². The van der Waals surface area contributed by atoms with Crippen LogP contribution in [0.1, 0.15) is 21.4 Å². The maximum absolute atomic E-state index is 11.9. The molecular formula is C17H15NO2S2. The lowest BCUT2D eigenvalue weighted by atomic mass is 10.1. The van der Waals surface area contributed by atoms with Gasteiger partial charge in [-0.3, -0.25) is 9.69 Å². The summed E-state index contributed by atoms with van der Waals surface area (Å²) in [5.41, 5.74) is 1.28. The summed E-state index contributed by atoms with van der Waals surface area (Å²) in [7, 11) is 0. The second-order valence-corrected chi connectivity index (χ2v) is 7.63. The third-order valence-corrected chi connectivity index (χ3v) is 6.34. The molecule has 3 aromatic rings. The summed E-state index contributed by atoms with van der Waals surface area (Å²) in [6.45, 7) is 1.53. The van der Waals surface area contributed by atoms with Crippen molar-refractivity contribution in [3.05, 3.63) is 57.1 Å². The number of hydrogen-bond acceptors (Lipinski definition) is 4. The molecule has 0 amide bonds. The highest BCUT2D eigenvalue weighted by Crippen LogP contribution is 2.36. The predicted molar refractivity (Wildman–Crippen MR) is 90.6 cm³/mol. The third-order valence-electron chi connectivity index (χ3n) is 4.15. The summed E-state index contributed by atoms with van der Waals surface area (Å²) in [5.74, 6) is -0.759. The molecule has 0 radical (unpaired) electrons. The molecule has 1 atom stereocenters. The average Bonchev–Trinajstić information content (AvgIpc) is 3.12. The zero-order valence-corrected chi connectivity index (χ0v) is 13.5. The molecule has 0 bridgehead atoms. The molecule has 0 saturated carbocycles. The van der Waals surface area contributed by atoms with Gasteiger partial charge in [-0.1, -0.05) is 18.2 Å². The minimum Gasteiger partial charge on any atom is -0.480 e. The second-order valence-electron chi connectivity index (χ2n) is 5.52. The standard InChI is InChI=1S/C17H15NO2S2/c19-17(20)16(15-9-11-3-1-2-4-14(11)22-15)18-7-5-13-12(10-18)6-8-21-13/h1-4,6,8-9,16H,5,7,10H2,(H,19,20). The van der Waals surface area contributed by atoms with Gasteiger partial charge in [0.15, 0.2) is 0 Å². The van der Waals surface area contributed by atoms with E-state index in [1.807, 2.05) is 24.3 Å². The normalized spacial score (nSPS) is 16.5. The molecule has 1 aromatic carbocycles. The lowest BCUT2D eigenvalue weighted by Gasteiger charge is -2.31. The summed E-state index contributed by atoms with van der Waals surface area (Å²) in [6, 6.07) is 11.7. The molecule has 22 heavy (non-hydrogen) atoms. The van der Waals surface area contributed by atoms with Crippen LogP contribution in [0.2, 0.25) is 0 Å². The van der Waals surface area contributed by atoms with Gasteiger partial charge in [-0.15, -0.1) is 22.7 Å². The number of carbonyl (C=O) groups is 1. The third kappa shape index (κ3) is 2.35. The molecule has 3 heterocycles. The van der Waals surface area contributed by atoms with Gasteiger partial charge in [-0.2, -0.15) is 0 Å². The molecular weight excluding hydrogens is 314 g/mol. The summed E-state index contributed by atoms with van der Waals surface area (Å²) >= 11 is 3.37. The molecule has 1 aliphatic heterocycles. The Balaban J connectivity index is 1.71.